The molecule has 0 heterocycles. The van der Waals surface area contributed by atoms with Crippen LogP contribution >= 0.6 is 15.9 Å². The lowest BCUT2D eigenvalue weighted by Gasteiger charge is -2.16. The third kappa shape index (κ3) is 4.31. The molecular formula is C13H17BrN2O3. The van der Waals surface area contributed by atoms with E-state index in [1.165, 1.54) is 12.1 Å². The second kappa shape index (κ2) is 6.65. The normalized spacial score (nSPS) is 13.7. The van der Waals surface area contributed by atoms with Crippen molar-refractivity contribution < 1.29 is 9.72 Å². The monoisotopic (exact) mass is 328 g/mol. The van der Waals surface area contributed by atoms with E-state index in [0.29, 0.717) is 16.0 Å². The van der Waals surface area contributed by atoms with Gasteiger partial charge in [0.1, 0.15) is 0 Å². The Bertz CT molecular complexity index is 489. The van der Waals surface area contributed by atoms with Gasteiger partial charge in [0.15, 0.2) is 0 Å². The number of nitrogens with one attached hydrogen (secondary N) is 1. The smallest absolute Gasteiger partial charge is 0.273 e. The van der Waals surface area contributed by atoms with Gasteiger partial charge in [-0.05, 0) is 26.3 Å². The third-order valence-corrected chi connectivity index (χ3v) is 3.18. The van der Waals surface area contributed by atoms with Crippen molar-refractivity contribution in [3.63, 3.8) is 0 Å². The molecule has 1 N–H and O–H groups in total. The van der Waals surface area contributed by atoms with Gasteiger partial charge in [0.25, 0.3) is 11.6 Å². The van der Waals surface area contributed by atoms with E-state index in [0.717, 1.165) is 6.42 Å². The van der Waals surface area contributed by atoms with Gasteiger partial charge < -0.3 is 5.32 Å². The quantitative estimate of drug-likeness (QED) is 0.512. The molecule has 1 aromatic carbocycles. The van der Waals surface area contributed by atoms with Gasteiger partial charge in [-0.25, -0.2) is 0 Å². The van der Waals surface area contributed by atoms with E-state index in [9.17, 15) is 14.9 Å². The predicted molar refractivity (Wildman–Crippen MR) is 77.8 cm³/mol. The van der Waals surface area contributed by atoms with Crippen molar-refractivity contribution in [2.75, 3.05) is 0 Å². The summed E-state index contributed by atoms with van der Waals surface area (Å²) in [7, 11) is 0. The number of alkyl halides is 1. The van der Waals surface area contributed by atoms with Gasteiger partial charge in [-0.3, -0.25) is 14.9 Å². The molecule has 1 rings (SSSR count). The summed E-state index contributed by atoms with van der Waals surface area (Å²) < 4.78 is 0. The molecule has 0 saturated heterocycles. The standard InChI is InChI=1S/C13H17BrN2O3/c1-8(14)7-9(2)15-13(17)11-5-4-6-12(10(11)3)16(18)19/h4-6,8-9H,7H2,1-3H3,(H,15,17). The topological polar surface area (TPSA) is 72.2 Å². The molecule has 0 bridgehead atoms. The molecule has 2 atom stereocenters. The number of hydrogen-bond acceptors (Lipinski definition) is 3. The highest BCUT2D eigenvalue weighted by molar-refractivity contribution is 9.09. The van der Waals surface area contributed by atoms with Crippen LogP contribution in [0.15, 0.2) is 18.2 Å². The summed E-state index contributed by atoms with van der Waals surface area (Å²) in [5.41, 5.74) is 0.710. The van der Waals surface area contributed by atoms with Crippen LogP contribution in [0.5, 0.6) is 0 Å². The fraction of sp³-hybridized carbons (Fsp3) is 0.462. The number of amides is 1. The lowest BCUT2D eigenvalue weighted by molar-refractivity contribution is -0.385. The Morgan fingerprint density at radius 3 is 2.63 bits per heavy atom. The number of hydrogen-bond donors (Lipinski definition) is 1. The number of benzene rings is 1. The fourth-order valence-electron chi connectivity index (χ4n) is 1.91. The van der Waals surface area contributed by atoms with E-state index in [4.69, 9.17) is 0 Å². The minimum atomic E-state index is -0.476. The maximum atomic E-state index is 12.1. The van der Waals surface area contributed by atoms with Crippen molar-refractivity contribution >= 4 is 27.5 Å². The number of nitro benzene ring substituents is 1. The van der Waals surface area contributed by atoms with Gasteiger partial charge in [-0.15, -0.1) is 0 Å². The van der Waals surface area contributed by atoms with E-state index in [-0.39, 0.29) is 17.6 Å². The predicted octanol–water partition coefficient (Wildman–Crippen LogP) is 3.20. The van der Waals surface area contributed by atoms with Crippen molar-refractivity contribution in [3.05, 3.63) is 39.4 Å². The average Bonchev–Trinajstić information content (AvgIpc) is 2.27. The van der Waals surface area contributed by atoms with Gasteiger partial charge in [0, 0.05) is 28.1 Å². The van der Waals surface area contributed by atoms with Crippen LogP contribution in [0.1, 0.15) is 36.2 Å². The highest BCUT2D eigenvalue weighted by Gasteiger charge is 2.19. The van der Waals surface area contributed by atoms with Crippen LogP contribution < -0.4 is 5.32 Å². The zero-order chi connectivity index (χ0) is 14.6. The van der Waals surface area contributed by atoms with E-state index in [1.54, 1.807) is 13.0 Å². The summed E-state index contributed by atoms with van der Waals surface area (Å²) in [6, 6.07) is 4.52. The third-order valence-electron chi connectivity index (χ3n) is 2.80. The largest absolute Gasteiger partial charge is 0.350 e. The molecule has 19 heavy (non-hydrogen) atoms. The molecule has 6 heteroatoms. The van der Waals surface area contributed by atoms with E-state index in [1.807, 2.05) is 13.8 Å². The number of halogens is 1. The number of carbonyl (C=O) groups is 1. The van der Waals surface area contributed by atoms with Gasteiger partial charge in [0.2, 0.25) is 0 Å². The minimum absolute atomic E-state index is 0.000497. The average molecular weight is 329 g/mol. The van der Waals surface area contributed by atoms with E-state index < -0.39 is 4.92 Å². The van der Waals surface area contributed by atoms with Crippen LogP contribution in [0.25, 0.3) is 0 Å². The SMILES string of the molecule is Cc1c(C(=O)NC(C)CC(C)Br)cccc1[N+](=O)[O-]. The zero-order valence-electron chi connectivity index (χ0n) is 11.1. The molecule has 0 radical (unpaired) electrons. The molecular weight excluding hydrogens is 312 g/mol. The van der Waals surface area contributed by atoms with Crippen LogP contribution in [0.4, 0.5) is 5.69 Å². The van der Waals surface area contributed by atoms with Crippen molar-refractivity contribution in [3.8, 4) is 0 Å². The molecule has 104 valence electrons. The Labute approximate surface area is 120 Å². The molecule has 0 fully saturated rings. The Kier molecular flexibility index (Phi) is 5.47. The molecule has 0 aliphatic heterocycles. The lowest BCUT2D eigenvalue weighted by Crippen LogP contribution is -2.34. The summed E-state index contributed by atoms with van der Waals surface area (Å²) in [5, 5.41) is 13.7. The Balaban J connectivity index is 2.89. The molecule has 1 aromatic rings. The first-order valence-corrected chi connectivity index (χ1v) is 6.93. The number of carbonyl (C=O) groups excluding carboxylic acids is 1. The summed E-state index contributed by atoms with van der Waals surface area (Å²) in [6.07, 6.45) is 0.791. The van der Waals surface area contributed by atoms with Crippen LogP contribution in [0.3, 0.4) is 0 Å². The van der Waals surface area contributed by atoms with Crippen molar-refractivity contribution in [1.82, 2.24) is 5.32 Å². The Hall–Kier alpha value is -1.43. The molecule has 0 aliphatic carbocycles. The lowest BCUT2D eigenvalue weighted by atomic mass is 10.1. The van der Waals surface area contributed by atoms with Crippen LogP contribution in [0, 0.1) is 17.0 Å². The second-order valence-corrected chi connectivity index (χ2v) is 6.16. The van der Waals surface area contributed by atoms with E-state index >= 15 is 0 Å². The number of rotatable bonds is 5. The minimum Gasteiger partial charge on any atom is -0.350 e. The van der Waals surface area contributed by atoms with Crippen LogP contribution in [-0.4, -0.2) is 21.7 Å². The van der Waals surface area contributed by atoms with Gasteiger partial charge in [-0.2, -0.15) is 0 Å². The van der Waals surface area contributed by atoms with E-state index in [2.05, 4.69) is 21.2 Å². The summed E-state index contributed by atoms with van der Waals surface area (Å²) in [6.45, 7) is 5.49. The molecule has 1 amide bonds. The zero-order valence-corrected chi connectivity index (χ0v) is 12.7. The first-order chi connectivity index (χ1) is 8.82. The van der Waals surface area contributed by atoms with Gasteiger partial charge in [-0.1, -0.05) is 28.9 Å². The van der Waals surface area contributed by atoms with Crippen LogP contribution in [-0.2, 0) is 0 Å². The summed E-state index contributed by atoms with van der Waals surface area (Å²) in [5.74, 6) is -0.276. The molecule has 0 aliphatic rings. The Morgan fingerprint density at radius 2 is 2.11 bits per heavy atom. The summed E-state index contributed by atoms with van der Waals surface area (Å²) >= 11 is 3.43. The highest BCUT2D eigenvalue weighted by Crippen LogP contribution is 2.21. The molecule has 5 nitrogen and oxygen atoms in total. The van der Waals surface area contributed by atoms with Crippen molar-refractivity contribution in [1.29, 1.82) is 0 Å². The number of nitrogens with zero attached hydrogens (tertiary/aromatic N) is 1. The molecule has 0 aromatic heterocycles. The maximum absolute atomic E-state index is 12.1. The first kappa shape index (κ1) is 15.6. The summed E-state index contributed by atoms with van der Waals surface area (Å²) in [4.78, 5) is 22.7. The number of nitro groups is 1. The molecule has 2 unspecified atom stereocenters. The maximum Gasteiger partial charge on any atom is 0.273 e. The fourth-order valence-corrected chi connectivity index (χ4v) is 2.48. The Morgan fingerprint density at radius 1 is 1.47 bits per heavy atom. The molecule has 0 saturated carbocycles. The molecule has 0 spiro atoms. The highest BCUT2D eigenvalue weighted by atomic mass is 79.9. The second-order valence-electron chi connectivity index (χ2n) is 4.60. The van der Waals surface area contributed by atoms with Gasteiger partial charge >= 0.3 is 0 Å². The van der Waals surface area contributed by atoms with Gasteiger partial charge in [0.05, 0.1) is 4.92 Å². The first-order valence-electron chi connectivity index (χ1n) is 6.01. The van der Waals surface area contributed by atoms with Crippen LogP contribution in [0.2, 0.25) is 0 Å². The van der Waals surface area contributed by atoms with Crippen molar-refractivity contribution in [2.24, 2.45) is 0 Å². The van der Waals surface area contributed by atoms with Crippen molar-refractivity contribution in [2.45, 2.75) is 38.1 Å².